The maximum atomic E-state index is 12.5. The molecule has 0 aliphatic carbocycles. The molecule has 3 rings (SSSR count). The van der Waals surface area contributed by atoms with Crippen LogP contribution in [0.15, 0.2) is 24.3 Å². The lowest BCUT2D eigenvalue weighted by molar-refractivity contribution is -0.131. The fourth-order valence-electron chi connectivity index (χ4n) is 4.38. The van der Waals surface area contributed by atoms with Crippen LogP contribution in [-0.2, 0) is 9.53 Å². The topological polar surface area (TPSA) is 61.9 Å². The van der Waals surface area contributed by atoms with Gasteiger partial charge >= 0.3 is 0 Å². The van der Waals surface area contributed by atoms with Gasteiger partial charge in [-0.25, -0.2) is 0 Å². The number of carbonyl (C=O) groups is 2. The van der Waals surface area contributed by atoms with E-state index in [0.29, 0.717) is 24.2 Å². The number of aryl methyl sites for hydroxylation is 1. The summed E-state index contributed by atoms with van der Waals surface area (Å²) in [6, 6.07) is 8.49. The Morgan fingerprint density at radius 2 is 2.00 bits per heavy atom. The van der Waals surface area contributed by atoms with E-state index in [1.54, 1.807) is 6.92 Å². The van der Waals surface area contributed by atoms with Crippen molar-refractivity contribution in [1.29, 1.82) is 0 Å². The number of likely N-dealkylation sites (tertiary alicyclic amines) is 1. The first-order valence-electron chi connectivity index (χ1n) is 10.5. The molecule has 0 saturated carbocycles. The maximum absolute atomic E-state index is 12.5. The molecule has 0 spiro atoms. The first-order chi connectivity index (χ1) is 13.5. The zero-order valence-corrected chi connectivity index (χ0v) is 17.2. The van der Waals surface area contributed by atoms with E-state index in [2.05, 4.69) is 10.2 Å². The van der Waals surface area contributed by atoms with Gasteiger partial charge in [-0.15, -0.1) is 0 Å². The number of nitrogens with one attached hydrogen (secondary N) is 1. The summed E-state index contributed by atoms with van der Waals surface area (Å²) in [6.45, 7) is 8.30. The Balaban J connectivity index is 1.60. The Hall–Kier alpha value is -1.92. The second-order valence-electron chi connectivity index (χ2n) is 7.97. The standard InChI is InChI=1S/C22H33N3O3/c1-17-5-3-6-19(15-17)22(27)23-10-12-25(20-8-13-28-14-9-20)21-7-4-11-24(16-21)18(2)26/h3,5-6,15,20-21H,4,7-14,16H2,1-2H3,(H,23,27). The second kappa shape index (κ2) is 10.0. The summed E-state index contributed by atoms with van der Waals surface area (Å²) in [7, 11) is 0. The van der Waals surface area contributed by atoms with Crippen molar-refractivity contribution in [2.24, 2.45) is 0 Å². The highest BCUT2D eigenvalue weighted by molar-refractivity contribution is 5.94. The van der Waals surface area contributed by atoms with Crippen LogP contribution in [-0.4, -0.2) is 73.1 Å². The Kier molecular flexibility index (Phi) is 7.45. The molecule has 6 heteroatoms. The molecule has 2 saturated heterocycles. The number of piperidine rings is 1. The molecule has 1 aromatic carbocycles. The number of amides is 2. The van der Waals surface area contributed by atoms with E-state index in [-0.39, 0.29) is 11.8 Å². The maximum Gasteiger partial charge on any atom is 0.251 e. The van der Waals surface area contributed by atoms with Crippen LogP contribution in [0.2, 0.25) is 0 Å². The fourth-order valence-corrected chi connectivity index (χ4v) is 4.38. The van der Waals surface area contributed by atoms with Gasteiger partial charge in [-0.05, 0) is 44.7 Å². The summed E-state index contributed by atoms with van der Waals surface area (Å²) >= 11 is 0. The average Bonchev–Trinajstić information content (AvgIpc) is 2.72. The number of carbonyl (C=O) groups excluding carboxylic acids is 2. The normalized spacial score (nSPS) is 21.0. The van der Waals surface area contributed by atoms with E-state index in [4.69, 9.17) is 4.74 Å². The lowest BCUT2D eigenvalue weighted by Crippen LogP contribution is -2.55. The van der Waals surface area contributed by atoms with Gasteiger partial charge in [-0.1, -0.05) is 17.7 Å². The van der Waals surface area contributed by atoms with E-state index in [0.717, 1.165) is 64.1 Å². The zero-order chi connectivity index (χ0) is 19.9. The van der Waals surface area contributed by atoms with Gasteiger partial charge in [-0.2, -0.15) is 0 Å². The molecule has 2 heterocycles. The smallest absolute Gasteiger partial charge is 0.251 e. The molecular weight excluding hydrogens is 354 g/mol. The van der Waals surface area contributed by atoms with Crippen molar-refractivity contribution in [2.75, 3.05) is 39.4 Å². The van der Waals surface area contributed by atoms with Crippen LogP contribution in [0.1, 0.15) is 48.5 Å². The number of rotatable bonds is 6. The van der Waals surface area contributed by atoms with Crippen molar-refractivity contribution in [3.8, 4) is 0 Å². The van der Waals surface area contributed by atoms with Crippen LogP contribution in [0.5, 0.6) is 0 Å². The molecule has 154 valence electrons. The van der Waals surface area contributed by atoms with Crippen molar-refractivity contribution < 1.29 is 14.3 Å². The third-order valence-electron chi connectivity index (χ3n) is 5.91. The molecule has 0 bridgehead atoms. The number of hydrogen-bond acceptors (Lipinski definition) is 4. The van der Waals surface area contributed by atoms with Gasteiger partial charge in [-0.3, -0.25) is 14.5 Å². The van der Waals surface area contributed by atoms with Crippen LogP contribution < -0.4 is 5.32 Å². The molecule has 1 unspecified atom stereocenters. The number of nitrogens with zero attached hydrogens (tertiary/aromatic N) is 2. The third kappa shape index (κ3) is 5.55. The molecule has 0 radical (unpaired) electrons. The second-order valence-corrected chi connectivity index (χ2v) is 7.97. The van der Waals surface area contributed by atoms with Crippen LogP contribution in [0, 0.1) is 6.92 Å². The molecular formula is C22H33N3O3. The van der Waals surface area contributed by atoms with Crippen molar-refractivity contribution in [3.05, 3.63) is 35.4 Å². The lowest BCUT2D eigenvalue weighted by Gasteiger charge is -2.44. The van der Waals surface area contributed by atoms with Gasteiger partial charge in [0.25, 0.3) is 5.91 Å². The number of benzene rings is 1. The summed E-state index contributed by atoms with van der Waals surface area (Å²) in [5, 5.41) is 3.08. The summed E-state index contributed by atoms with van der Waals surface area (Å²) in [6.07, 6.45) is 4.18. The quantitative estimate of drug-likeness (QED) is 0.813. The summed E-state index contributed by atoms with van der Waals surface area (Å²) in [5.74, 6) is 0.133. The Morgan fingerprint density at radius 3 is 2.71 bits per heavy atom. The molecule has 0 aromatic heterocycles. The predicted octanol–water partition coefficient (Wildman–Crippen LogP) is 2.22. The molecule has 2 aliphatic heterocycles. The Labute approximate surface area is 168 Å². The van der Waals surface area contributed by atoms with E-state index in [9.17, 15) is 9.59 Å². The highest BCUT2D eigenvalue weighted by atomic mass is 16.5. The highest BCUT2D eigenvalue weighted by Gasteiger charge is 2.31. The number of ether oxygens (including phenoxy) is 1. The van der Waals surface area contributed by atoms with Crippen LogP contribution in [0.4, 0.5) is 0 Å². The molecule has 28 heavy (non-hydrogen) atoms. The van der Waals surface area contributed by atoms with Gasteiger partial charge in [0.1, 0.15) is 0 Å². The van der Waals surface area contributed by atoms with E-state index in [1.165, 1.54) is 0 Å². The average molecular weight is 388 g/mol. The van der Waals surface area contributed by atoms with Crippen molar-refractivity contribution in [2.45, 2.75) is 51.6 Å². The first kappa shape index (κ1) is 20.8. The molecule has 1 aromatic rings. The Bertz CT molecular complexity index is 673. The van der Waals surface area contributed by atoms with Gasteiger partial charge < -0.3 is 15.0 Å². The minimum Gasteiger partial charge on any atom is -0.381 e. The fraction of sp³-hybridized carbons (Fsp3) is 0.636. The number of hydrogen-bond donors (Lipinski definition) is 1. The zero-order valence-electron chi connectivity index (χ0n) is 17.2. The van der Waals surface area contributed by atoms with Crippen LogP contribution in [0.25, 0.3) is 0 Å². The minimum absolute atomic E-state index is 0.0235. The third-order valence-corrected chi connectivity index (χ3v) is 5.91. The molecule has 1 atom stereocenters. The molecule has 1 N–H and O–H groups in total. The molecule has 2 fully saturated rings. The first-order valence-corrected chi connectivity index (χ1v) is 10.5. The van der Waals surface area contributed by atoms with Crippen molar-refractivity contribution in [3.63, 3.8) is 0 Å². The summed E-state index contributed by atoms with van der Waals surface area (Å²) in [4.78, 5) is 28.8. The largest absolute Gasteiger partial charge is 0.381 e. The lowest BCUT2D eigenvalue weighted by atomic mass is 9.98. The van der Waals surface area contributed by atoms with Crippen LogP contribution >= 0.6 is 0 Å². The van der Waals surface area contributed by atoms with Gasteiger partial charge in [0.15, 0.2) is 0 Å². The van der Waals surface area contributed by atoms with Crippen molar-refractivity contribution in [1.82, 2.24) is 15.1 Å². The molecule has 2 amide bonds. The van der Waals surface area contributed by atoms with Crippen LogP contribution in [0.3, 0.4) is 0 Å². The minimum atomic E-state index is -0.0235. The summed E-state index contributed by atoms with van der Waals surface area (Å²) in [5.41, 5.74) is 1.79. The van der Waals surface area contributed by atoms with E-state index >= 15 is 0 Å². The summed E-state index contributed by atoms with van der Waals surface area (Å²) < 4.78 is 5.55. The SMILES string of the molecule is CC(=O)N1CCCC(N(CCNC(=O)c2cccc(C)c2)C2CCOCC2)C1. The van der Waals surface area contributed by atoms with E-state index < -0.39 is 0 Å². The highest BCUT2D eigenvalue weighted by Crippen LogP contribution is 2.23. The molecule has 2 aliphatic rings. The van der Waals surface area contributed by atoms with E-state index in [1.807, 2.05) is 36.1 Å². The monoisotopic (exact) mass is 387 g/mol. The van der Waals surface area contributed by atoms with Gasteiger partial charge in [0, 0.05) is 64.0 Å². The van der Waals surface area contributed by atoms with Gasteiger partial charge in [0.2, 0.25) is 5.91 Å². The Morgan fingerprint density at radius 1 is 1.21 bits per heavy atom. The van der Waals surface area contributed by atoms with Gasteiger partial charge in [0.05, 0.1) is 0 Å². The van der Waals surface area contributed by atoms with Crippen molar-refractivity contribution >= 4 is 11.8 Å². The predicted molar refractivity (Wildman–Crippen MR) is 109 cm³/mol. The molecule has 6 nitrogen and oxygen atoms in total.